The lowest BCUT2D eigenvalue weighted by Gasteiger charge is -2.28. The highest BCUT2D eigenvalue weighted by atomic mass is 32.1. The normalized spacial score (nSPS) is 19.7. The Labute approximate surface area is 152 Å². The summed E-state index contributed by atoms with van der Waals surface area (Å²) in [7, 11) is 1.55. The highest BCUT2D eigenvalue weighted by Gasteiger charge is 2.32. The number of rotatable bonds is 5. The van der Waals surface area contributed by atoms with E-state index < -0.39 is 11.8 Å². The maximum atomic E-state index is 12.6. The molecule has 1 aromatic carbocycles. The standard InChI is InChI=1S/C18H21N3O3S/c1-24-11-10-21-17(23)15(16(22)19-18(21)25)12-13-4-6-14(7-5-13)20-8-2-3-9-20/h4-7,12H,2-3,8-11H2,1H3,(H,19,22,25)/b15-12-. The number of hydrogen-bond donors (Lipinski definition) is 1. The van der Waals surface area contributed by atoms with Crippen molar-refractivity contribution >= 4 is 40.9 Å². The summed E-state index contributed by atoms with van der Waals surface area (Å²) in [6.07, 6.45) is 4.04. The van der Waals surface area contributed by atoms with Crippen LogP contribution in [0.5, 0.6) is 0 Å². The number of nitrogens with one attached hydrogen (secondary N) is 1. The molecule has 1 aromatic rings. The lowest BCUT2D eigenvalue weighted by atomic mass is 10.1. The molecule has 6 nitrogen and oxygen atoms in total. The molecule has 0 bridgehead atoms. The summed E-state index contributed by atoms with van der Waals surface area (Å²) in [4.78, 5) is 28.4. The van der Waals surface area contributed by atoms with Crippen molar-refractivity contribution in [2.75, 3.05) is 38.3 Å². The van der Waals surface area contributed by atoms with Crippen molar-refractivity contribution in [1.82, 2.24) is 10.2 Å². The Bertz CT molecular complexity index is 709. The van der Waals surface area contributed by atoms with Crippen LogP contribution in [0.4, 0.5) is 5.69 Å². The number of thiocarbonyl (C=S) groups is 1. The largest absolute Gasteiger partial charge is 0.383 e. The molecular weight excluding hydrogens is 338 g/mol. The second-order valence-electron chi connectivity index (χ2n) is 6.05. The summed E-state index contributed by atoms with van der Waals surface area (Å²) >= 11 is 5.08. The van der Waals surface area contributed by atoms with Gasteiger partial charge in [-0.2, -0.15) is 0 Å². The van der Waals surface area contributed by atoms with Crippen molar-refractivity contribution in [2.24, 2.45) is 0 Å². The van der Waals surface area contributed by atoms with Crippen LogP contribution in [0.1, 0.15) is 18.4 Å². The van der Waals surface area contributed by atoms with Gasteiger partial charge in [0.2, 0.25) is 0 Å². The fraction of sp³-hybridized carbons (Fsp3) is 0.389. The summed E-state index contributed by atoms with van der Waals surface area (Å²) in [5.41, 5.74) is 2.06. The molecule has 2 aliphatic heterocycles. The van der Waals surface area contributed by atoms with Crippen LogP contribution in [0.2, 0.25) is 0 Å². The fourth-order valence-corrected chi connectivity index (χ4v) is 3.27. The second-order valence-corrected chi connectivity index (χ2v) is 6.44. The van der Waals surface area contributed by atoms with Crippen LogP contribution in [-0.2, 0) is 14.3 Å². The van der Waals surface area contributed by atoms with Crippen molar-refractivity contribution in [3.63, 3.8) is 0 Å². The molecule has 0 saturated carbocycles. The maximum absolute atomic E-state index is 12.6. The van der Waals surface area contributed by atoms with Gasteiger partial charge in [-0.15, -0.1) is 0 Å². The molecule has 0 unspecified atom stereocenters. The van der Waals surface area contributed by atoms with Crippen LogP contribution in [0.15, 0.2) is 29.8 Å². The Balaban J connectivity index is 1.79. The molecule has 2 fully saturated rings. The van der Waals surface area contributed by atoms with Crippen LogP contribution in [0.25, 0.3) is 6.08 Å². The molecule has 0 atom stereocenters. The number of carbonyl (C=O) groups is 2. The van der Waals surface area contributed by atoms with E-state index in [4.69, 9.17) is 17.0 Å². The van der Waals surface area contributed by atoms with Gasteiger partial charge >= 0.3 is 0 Å². The summed E-state index contributed by atoms with van der Waals surface area (Å²) in [5.74, 6) is -0.860. The molecule has 132 valence electrons. The van der Waals surface area contributed by atoms with E-state index in [1.165, 1.54) is 23.4 Å². The monoisotopic (exact) mass is 359 g/mol. The van der Waals surface area contributed by atoms with Crippen molar-refractivity contribution in [3.05, 3.63) is 35.4 Å². The number of methoxy groups -OCH3 is 1. The van der Waals surface area contributed by atoms with Gasteiger partial charge in [0.15, 0.2) is 5.11 Å². The van der Waals surface area contributed by atoms with Gasteiger partial charge in [0, 0.05) is 25.9 Å². The fourth-order valence-electron chi connectivity index (χ4n) is 3.00. The van der Waals surface area contributed by atoms with E-state index in [1.807, 2.05) is 24.3 Å². The number of amides is 2. The highest BCUT2D eigenvalue weighted by Crippen LogP contribution is 2.22. The lowest BCUT2D eigenvalue weighted by Crippen LogP contribution is -2.54. The number of carbonyl (C=O) groups excluding carboxylic acids is 2. The summed E-state index contributed by atoms with van der Waals surface area (Å²) in [5, 5.41) is 2.68. The summed E-state index contributed by atoms with van der Waals surface area (Å²) in [6.45, 7) is 2.81. The number of nitrogens with zero attached hydrogens (tertiary/aromatic N) is 2. The van der Waals surface area contributed by atoms with Crippen LogP contribution >= 0.6 is 12.2 Å². The van der Waals surface area contributed by atoms with Crippen LogP contribution < -0.4 is 10.2 Å². The van der Waals surface area contributed by atoms with E-state index >= 15 is 0 Å². The molecule has 2 heterocycles. The van der Waals surface area contributed by atoms with E-state index in [1.54, 1.807) is 13.2 Å². The molecule has 0 aromatic heterocycles. The minimum Gasteiger partial charge on any atom is -0.383 e. The van der Waals surface area contributed by atoms with Gasteiger partial charge in [-0.1, -0.05) is 12.1 Å². The molecular formula is C18H21N3O3S. The van der Waals surface area contributed by atoms with E-state index in [0.29, 0.717) is 13.2 Å². The zero-order chi connectivity index (χ0) is 17.8. The van der Waals surface area contributed by atoms with Gasteiger partial charge in [-0.25, -0.2) is 0 Å². The number of benzene rings is 1. The highest BCUT2D eigenvalue weighted by molar-refractivity contribution is 7.80. The Morgan fingerprint density at radius 1 is 1.20 bits per heavy atom. The molecule has 1 N–H and O–H groups in total. The molecule has 2 amide bonds. The van der Waals surface area contributed by atoms with Gasteiger partial charge in [0.1, 0.15) is 5.57 Å². The Morgan fingerprint density at radius 2 is 1.88 bits per heavy atom. The average Bonchev–Trinajstić information content (AvgIpc) is 3.13. The first-order chi connectivity index (χ1) is 12.1. The number of anilines is 1. The molecule has 0 aliphatic carbocycles. The molecule has 2 aliphatic rings. The van der Waals surface area contributed by atoms with E-state index in [0.717, 1.165) is 18.7 Å². The van der Waals surface area contributed by atoms with Crippen LogP contribution in [0.3, 0.4) is 0 Å². The minimum atomic E-state index is -0.465. The number of hydrogen-bond acceptors (Lipinski definition) is 5. The van der Waals surface area contributed by atoms with E-state index in [9.17, 15) is 9.59 Å². The van der Waals surface area contributed by atoms with Crippen molar-refractivity contribution < 1.29 is 14.3 Å². The molecule has 2 saturated heterocycles. The summed E-state index contributed by atoms with van der Waals surface area (Å²) < 4.78 is 4.99. The van der Waals surface area contributed by atoms with Gasteiger partial charge in [0.25, 0.3) is 11.8 Å². The first-order valence-electron chi connectivity index (χ1n) is 8.33. The Morgan fingerprint density at radius 3 is 2.52 bits per heavy atom. The van der Waals surface area contributed by atoms with Gasteiger partial charge in [-0.3, -0.25) is 19.8 Å². The predicted molar refractivity (Wildman–Crippen MR) is 100 cm³/mol. The summed E-state index contributed by atoms with van der Waals surface area (Å²) in [6, 6.07) is 7.90. The quantitative estimate of drug-likeness (QED) is 0.491. The zero-order valence-corrected chi connectivity index (χ0v) is 15.0. The Hall–Kier alpha value is -2.25. The van der Waals surface area contributed by atoms with Crippen LogP contribution in [-0.4, -0.2) is 55.2 Å². The third-order valence-corrected chi connectivity index (χ3v) is 4.70. The second kappa shape index (κ2) is 7.76. The smallest absolute Gasteiger partial charge is 0.265 e. The van der Waals surface area contributed by atoms with Crippen LogP contribution in [0, 0.1) is 0 Å². The Kier molecular flexibility index (Phi) is 5.45. The average molecular weight is 359 g/mol. The van der Waals surface area contributed by atoms with Gasteiger partial charge < -0.3 is 9.64 Å². The third-order valence-electron chi connectivity index (χ3n) is 4.38. The molecule has 7 heteroatoms. The minimum absolute atomic E-state index is 0.0821. The lowest BCUT2D eigenvalue weighted by molar-refractivity contribution is -0.129. The number of ether oxygens (including phenoxy) is 1. The third kappa shape index (κ3) is 3.88. The molecule has 0 spiro atoms. The zero-order valence-electron chi connectivity index (χ0n) is 14.2. The van der Waals surface area contributed by atoms with Crippen molar-refractivity contribution in [2.45, 2.75) is 12.8 Å². The van der Waals surface area contributed by atoms with Crippen molar-refractivity contribution in [1.29, 1.82) is 0 Å². The predicted octanol–water partition coefficient (Wildman–Crippen LogP) is 1.56. The maximum Gasteiger partial charge on any atom is 0.265 e. The first kappa shape index (κ1) is 17.6. The molecule has 0 radical (unpaired) electrons. The SMILES string of the molecule is COCCN1C(=O)/C(=C\c2ccc(N3CCCC3)cc2)C(=O)NC1=S. The van der Waals surface area contributed by atoms with Gasteiger partial charge in [-0.05, 0) is 48.8 Å². The van der Waals surface area contributed by atoms with E-state index in [-0.39, 0.29) is 10.7 Å². The first-order valence-corrected chi connectivity index (χ1v) is 8.74. The molecule has 25 heavy (non-hydrogen) atoms. The van der Waals surface area contributed by atoms with Gasteiger partial charge in [0.05, 0.1) is 13.2 Å². The molecule has 3 rings (SSSR count). The van der Waals surface area contributed by atoms with E-state index in [2.05, 4.69) is 10.2 Å². The van der Waals surface area contributed by atoms with Crippen molar-refractivity contribution in [3.8, 4) is 0 Å². The topological polar surface area (TPSA) is 61.9 Å².